The number of nitrogens with zero attached hydrogens (tertiary/aromatic N) is 1. The minimum atomic E-state index is -3.62. The summed E-state index contributed by atoms with van der Waals surface area (Å²) >= 11 is 0. The highest BCUT2D eigenvalue weighted by molar-refractivity contribution is 7.92. The van der Waals surface area contributed by atoms with Crippen LogP contribution in [0.15, 0.2) is 24.3 Å². The Balaban J connectivity index is 3.35. The van der Waals surface area contributed by atoms with Gasteiger partial charge in [0.25, 0.3) is 0 Å². The van der Waals surface area contributed by atoms with Crippen molar-refractivity contribution in [3.05, 3.63) is 24.3 Å². The van der Waals surface area contributed by atoms with Crippen molar-refractivity contribution in [2.24, 2.45) is 5.73 Å². The van der Waals surface area contributed by atoms with Crippen molar-refractivity contribution < 1.29 is 17.9 Å². The van der Waals surface area contributed by atoms with Crippen molar-refractivity contribution in [1.82, 2.24) is 0 Å². The van der Waals surface area contributed by atoms with E-state index in [4.69, 9.17) is 10.5 Å². The number of amides is 1. The van der Waals surface area contributed by atoms with Crippen LogP contribution in [0.4, 0.5) is 5.69 Å². The molecule has 6 nitrogen and oxygen atoms in total. The van der Waals surface area contributed by atoms with Crippen molar-refractivity contribution in [1.29, 1.82) is 0 Å². The molecule has 0 saturated heterocycles. The lowest BCUT2D eigenvalue weighted by Gasteiger charge is -2.28. The van der Waals surface area contributed by atoms with Crippen LogP contribution in [0.3, 0.4) is 0 Å². The smallest absolute Gasteiger partial charge is 0.241 e. The van der Waals surface area contributed by atoms with Crippen LogP contribution in [0.25, 0.3) is 0 Å². The van der Waals surface area contributed by atoms with Crippen molar-refractivity contribution in [3.63, 3.8) is 0 Å². The van der Waals surface area contributed by atoms with E-state index in [0.29, 0.717) is 17.9 Å². The van der Waals surface area contributed by atoms with E-state index in [0.717, 1.165) is 10.6 Å². The summed E-state index contributed by atoms with van der Waals surface area (Å²) < 4.78 is 29.9. The van der Waals surface area contributed by atoms with Crippen molar-refractivity contribution in [2.45, 2.75) is 19.4 Å². The number of carbonyl (C=O) groups is 1. The number of methoxy groups -OCH3 is 1. The molecule has 1 aromatic carbocycles. The molecule has 0 heterocycles. The minimum absolute atomic E-state index is 0.291. The highest BCUT2D eigenvalue weighted by Crippen LogP contribution is 2.26. The lowest BCUT2D eigenvalue weighted by atomic mass is 10.2. The molecule has 0 aromatic heterocycles. The topological polar surface area (TPSA) is 89.7 Å². The molecule has 1 amide bonds. The van der Waals surface area contributed by atoms with Gasteiger partial charge in [0.15, 0.2) is 0 Å². The molecule has 0 aliphatic heterocycles. The van der Waals surface area contributed by atoms with E-state index in [9.17, 15) is 13.2 Å². The molecule has 0 aliphatic carbocycles. The number of hydrogen-bond acceptors (Lipinski definition) is 4. The minimum Gasteiger partial charge on any atom is -0.497 e. The maximum absolute atomic E-state index is 11.9. The van der Waals surface area contributed by atoms with E-state index in [1.807, 2.05) is 0 Å². The van der Waals surface area contributed by atoms with E-state index >= 15 is 0 Å². The summed E-state index contributed by atoms with van der Waals surface area (Å²) in [7, 11) is -2.14. The molecule has 7 heteroatoms. The molecule has 1 unspecified atom stereocenters. The first-order chi connectivity index (χ1) is 8.81. The Kier molecular flexibility index (Phi) is 4.77. The first-order valence-electron chi connectivity index (χ1n) is 5.74. The number of primary amides is 1. The Morgan fingerprint density at radius 2 is 2.11 bits per heavy atom. The molecule has 0 aliphatic rings. The summed E-state index contributed by atoms with van der Waals surface area (Å²) in [6.45, 7) is 1.70. The molecule has 0 bridgehead atoms. The fourth-order valence-corrected chi connectivity index (χ4v) is 3.04. The number of anilines is 1. The second kappa shape index (κ2) is 5.92. The van der Waals surface area contributed by atoms with Gasteiger partial charge in [0, 0.05) is 6.07 Å². The average Bonchev–Trinajstić information content (AvgIpc) is 2.33. The summed E-state index contributed by atoms with van der Waals surface area (Å²) in [5, 5.41) is 0. The molecule has 0 saturated carbocycles. The third-order valence-corrected chi connectivity index (χ3v) is 3.84. The van der Waals surface area contributed by atoms with Crippen LogP contribution in [-0.2, 0) is 14.8 Å². The average molecular weight is 286 g/mol. The number of ether oxygens (including phenoxy) is 1. The van der Waals surface area contributed by atoms with E-state index in [-0.39, 0.29) is 0 Å². The van der Waals surface area contributed by atoms with Gasteiger partial charge in [-0.25, -0.2) is 8.42 Å². The molecule has 0 fully saturated rings. The number of nitrogens with two attached hydrogens (primary N) is 1. The second-order valence-corrected chi connectivity index (χ2v) is 5.95. The number of carbonyl (C=O) groups excluding carboxylic acids is 1. The predicted molar refractivity (Wildman–Crippen MR) is 73.6 cm³/mol. The SMILES string of the molecule is CCC(C(N)=O)N(c1cccc(OC)c1)S(C)(=O)=O. The van der Waals surface area contributed by atoms with Gasteiger partial charge in [-0.05, 0) is 18.6 Å². The maximum Gasteiger partial charge on any atom is 0.241 e. The zero-order valence-corrected chi connectivity index (χ0v) is 12.0. The van der Waals surface area contributed by atoms with Crippen molar-refractivity contribution >= 4 is 21.6 Å². The van der Waals surface area contributed by atoms with Gasteiger partial charge < -0.3 is 10.5 Å². The van der Waals surface area contributed by atoms with Gasteiger partial charge in [-0.15, -0.1) is 0 Å². The fraction of sp³-hybridized carbons (Fsp3) is 0.417. The number of hydrogen-bond donors (Lipinski definition) is 1. The highest BCUT2D eigenvalue weighted by atomic mass is 32.2. The Morgan fingerprint density at radius 1 is 1.47 bits per heavy atom. The third-order valence-electron chi connectivity index (χ3n) is 2.66. The van der Waals surface area contributed by atoms with Crippen molar-refractivity contribution in [2.75, 3.05) is 17.7 Å². The van der Waals surface area contributed by atoms with Crippen LogP contribution in [0, 0.1) is 0 Å². The molecule has 0 radical (unpaired) electrons. The first-order valence-corrected chi connectivity index (χ1v) is 7.58. The lowest BCUT2D eigenvalue weighted by Crippen LogP contribution is -2.47. The zero-order valence-electron chi connectivity index (χ0n) is 11.2. The molecule has 1 aromatic rings. The Morgan fingerprint density at radius 3 is 2.53 bits per heavy atom. The fourth-order valence-electron chi connectivity index (χ4n) is 1.83. The maximum atomic E-state index is 11.9. The van der Waals surface area contributed by atoms with Crippen LogP contribution in [0.1, 0.15) is 13.3 Å². The number of sulfonamides is 1. The van der Waals surface area contributed by atoms with E-state index in [1.165, 1.54) is 7.11 Å². The number of benzene rings is 1. The first kappa shape index (κ1) is 15.3. The summed E-state index contributed by atoms with van der Waals surface area (Å²) in [5.74, 6) is -0.179. The predicted octanol–water partition coefficient (Wildman–Crippen LogP) is 0.725. The summed E-state index contributed by atoms with van der Waals surface area (Å²) in [5.41, 5.74) is 5.63. The van der Waals surface area contributed by atoms with Crippen LogP contribution < -0.4 is 14.8 Å². The van der Waals surface area contributed by atoms with Gasteiger partial charge in [-0.3, -0.25) is 9.10 Å². The summed E-state index contributed by atoms with van der Waals surface area (Å²) in [6, 6.07) is 5.57. The standard InChI is InChI=1S/C12H18N2O4S/c1-4-11(12(13)15)14(19(3,16)17)9-6-5-7-10(8-9)18-2/h5-8,11H,4H2,1-3H3,(H2,13,15). The Hall–Kier alpha value is -1.76. The molecular weight excluding hydrogens is 268 g/mol. The largest absolute Gasteiger partial charge is 0.497 e. The third kappa shape index (κ3) is 3.60. The van der Waals surface area contributed by atoms with Gasteiger partial charge in [0.2, 0.25) is 15.9 Å². The monoisotopic (exact) mass is 286 g/mol. The molecule has 106 valence electrons. The molecule has 19 heavy (non-hydrogen) atoms. The zero-order chi connectivity index (χ0) is 14.6. The highest BCUT2D eigenvalue weighted by Gasteiger charge is 2.30. The van der Waals surface area contributed by atoms with Gasteiger partial charge in [0.1, 0.15) is 11.8 Å². The van der Waals surface area contributed by atoms with Gasteiger partial charge in [0.05, 0.1) is 19.1 Å². The Bertz CT molecular complexity index is 557. The Labute approximate surface area is 113 Å². The lowest BCUT2D eigenvalue weighted by molar-refractivity contribution is -0.119. The van der Waals surface area contributed by atoms with E-state index in [1.54, 1.807) is 31.2 Å². The van der Waals surface area contributed by atoms with Gasteiger partial charge in [-0.2, -0.15) is 0 Å². The van der Waals surface area contributed by atoms with Crippen LogP contribution in [0.2, 0.25) is 0 Å². The van der Waals surface area contributed by atoms with E-state index < -0.39 is 22.0 Å². The van der Waals surface area contributed by atoms with Gasteiger partial charge in [-0.1, -0.05) is 13.0 Å². The molecule has 0 spiro atoms. The summed E-state index contributed by atoms with van der Waals surface area (Å²) in [4.78, 5) is 11.4. The molecule has 2 N–H and O–H groups in total. The number of rotatable bonds is 6. The summed E-state index contributed by atoms with van der Waals surface area (Å²) in [6.07, 6.45) is 1.33. The normalized spacial score (nSPS) is 12.8. The van der Waals surface area contributed by atoms with Crippen molar-refractivity contribution in [3.8, 4) is 5.75 Å². The molecule has 1 rings (SSSR count). The van der Waals surface area contributed by atoms with Crippen LogP contribution in [-0.4, -0.2) is 33.7 Å². The van der Waals surface area contributed by atoms with Crippen LogP contribution in [0.5, 0.6) is 5.75 Å². The van der Waals surface area contributed by atoms with Gasteiger partial charge >= 0.3 is 0 Å². The van der Waals surface area contributed by atoms with E-state index in [2.05, 4.69) is 0 Å². The molecular formula is C12H18N2O4S. The van der Waals surface area contributed by atoms with Crippen LogP contribution >= 0.6 is 0 Å². The quantitative estimate of drug-likeness (QED) is 0.834. The molecule has 1 atom stereocenters. The second-order valence-electron chi connectivity index (χ2n) is 4.09.